The molecule has 0 heterocycles. The molecular weight excluding hydrogens is 203 g/mol. The van der Waals surface area contributed by atoms with Gasteiger partial charge in [0, 0.05) is 0 Å². The SMILES string of the molecule is C[B-](c1ccccc1)c1c(C)cc(C)cc1C. The van der Waals surface area contributed by atoms with Gasteiger partial charge in [0.1, 0.15) is 0 Å². The maximum Gasteiger partial charge on any atom is -0.0398 e. The Morgan fingerprint density at radius 3 is 1.88 bits per heavy atom. The maximum atomic E-state index is 2.29. The minimum atomic E-state index is 0.469. The third-order valence-corrected chi connectivity index (χ3v) is 3.47. The van der Waals surface area contributed by atoms with E-state index in [4.69, 9.17) is 0 Å². The quantitative estimate of drug-likeness (QED) is 0.685. The Kier molecular flexibility index (Phi) is 3.37. The van der Waals surface area contributed by atoms with Crippen molar-refractivity contribution in [2.75, 3.05) is 0 Å². The Labute approximate surface area is 105 Å². The largest absolute Gasteiger partial charge is 0.239 e. The molecular formula is C16H19B-. The van der Waals surface area contributed by atoms with Crippen LogP contribution in [0.5, 0.6) is 0 Å². The zero-order valence-electron chi connectivity index (χ0n) is 11.1. The Morgan fingerprint density at radius 1 is 0.824 bits per heavy atom. The van der Waals surface area contributed by atoms with Crippen molar-refractivity contribution in [3.05, 3.63) is 59.2 Å². The fraction of sp³-hybridized carbons (Fsp3) is 0.250. The van der Waals surface area contributed by atoms with Crippen LogP contribution in [0.3, 0.4) is 0 Å². The molecule has 0 nitrogen and oxygen atoms in total. The second-order valence-electron chi connectivity index (χ2n) is 4.94. The zero-order chi connectivity index (χ0) is 12.4. The van der Waals surface area contributed by atoms with Crippen molar-refractivity contribution in [3.8, 4) is 0 Å². The monoisotopic (exact) mass is 222 g/mol. The summed E-state index contributed by atoms with van der Waals surface area (Å²) < 4.78 is 0. The van der Waals surface area contributed by atoms with Gasteiger partial charge >= 0.3 is 0 Å². The fourth-order valence-corrected chi connectivity index (χ4v) is 2.78. The smallest absolute Gasteiger partial charge is 0.0398 e. The van der Waals surface area contributed by atoms with Crippen molar-refractivity contribution in [2.45, 2.75) is 27.6 Å². The second kappa shape index (κ2) is 4.79. The van der Waals surface area contributed by atoms with Crippen LogP contribution in [0.4, 0.5) is 0 Å². The third kappa shape index (κ3) is 2.44. The molecule has 0 atom stereocenters. The summed E-state index contributed by atoms with van der Waals surface area (Å²) in [4.78, 5) is 0. The van der Waals surface area contributed by atoms with E-state index in [1.54, 1.807) is 0 Å². The van der Waals surface area contributed by atoms with Gasteiger partial charge in [0.15, 0.2) is 0 Å². The predicted molar refractivity (Wildman–Crippen MR) is 78.0 cm³/mol. The number of hydrogen-bond acceptors (Lipinski definition) is 0. The Morgan fingerprint density at radius 2 is 1.35 bits per heavy atom. The molecule has 0 amide bonds. The summed E-state index contributed by atoms with van der Waals surface area (Å²) >= 11 is 0. The van der Waals surface area contributed by atoms with E-state index in [1.165, 1.54) is 27.6 Å². The number of aryl methyl sites for hydroxylation is 3. The third-order valence-electron chi connectivity index (χ3n) is 3.47. The van der Waals surface area contributed by atoms with Gasteiger partial charge < -0.3 is 0 Å². The Bertz CT molecular complexity index is 491. The Balaban J connectivity index is 2.48. The molecule has 0 fully saturated rings. The van der Waals surface area contributed by atoms with Crippen LogP contribution in [0.1, 0.15) is 16.7 Å². The standard InChI is InChI=1S/C16H19B/c1-12-10-13(2)16(14(3)11-12)17(4)15-8-6-5-7-9-15/h5-11H,1-4H3/q-1. The van der Waals surface area contributed by atoms with E-state index in [0.717, 1.165) is 0 Å². The van der Waals surface area contributed by atoms with E-state index >= 15 is 0 Å². The van der Waals surface area contributed by atoms with Crippen LogP contribution in [0.15, 0.2) is 42.5 Å². The molecule has 0 unspecified atom stereocenters. The highest BCUT2D eigenvalue weighted by Gasteiger charge is 2.03. The highest BCUT2D eigenvalue weighted by atomic mass is 14.0. The highest BCUT2D eigenvalue weighted by Crippen LogP contribution is 2.07. The van der Waals surface area contributed by atoms with Gasteiger partial charge in [0.2, 0.25) is 0 Å². The van der Waals surface area contributed by atoms with Crippen LogP contribution < -0.4 is 10.9 Å². The van der Waals surface area contributed by atoms with Crippen LogP contribution in [-0.2, 0) is 0 Å². The summed E-state index contributed by atoms with van der Waals surface area (Å²) in [7, 11) is 0. The van der Waals surface area contributed by atoms with Crippen molar-refractivity contribution < 1.29 is 0 Å². The van der Waals surface area contributed by atoms with Crippen molar-refractivity contribution in [3.63, 3.8) is 0 Å². The maximum absolute atomic E-state index is 2.29. The minimum Gasteiger partial charge on any atom is -0.239 e. The van der Waals surface area contributed by atoms with Gasteiger partial charge in [0.05, 0.1) is 0 Å². The van der Waals surface area contributed by atoms with Gasteiger partial charge in [-0.2, -0.15) is 0 Å². The van der Waals surface area contributed by atoms with E-state index in [2.05, 4.69) is 70.1 Å². The first-order valence-electron chi connectivity index (χ1n) is 6.22. The molecule has 0 spiro atoms. The summed E-state index contributed by atoms with van der Waals surface area (Å²) in [5.74, 6) is 0. The lowest BCUT2D eigenvalue weighted by atomic mass is 9.41. The lowest BCUT2D eigenvalue weighted by Gasteiger charge is -2.29. The van der Waals surface area contributed by atoms with Gasteiger partial charge in [-0.3, -0.25) is 0 Å². The average Bonchev–Trinajstić information content (AvgIpc) is 2.28. The summed E-state index contributed by atoms with van der Waals surface area (Å²) in [6.07, 6.45) is 0. The van der Waals surface area contributed by atoms with Crippen LogP contribution in [0.2, 0.25) is 6.82 Å². The van der Waals surface area contributed by atoms with Gasteiger partial charge in [0.25, 0.3) is 0 Å². The van der Waals surface area contributed by atoms with E-state index in [1.807, 2.05) is 0 Å². The summed E-state index contributed by atoms with van der Waals surface area (Å²) in [6.45, 7) is 9.36. The number of benzene rings is 2. The van der Waals surface area contributed by atoms with Crippen molar-refractivity contribution in [2.24, 2.45) is 0 Å². The van der Waals surface area contributed by atoms with Crippen molar-refractivity contribution in [1.82, 2.24) is 0 Å². The van der Waals surface area contributed by atoms with Crippen LogP contribution in [-0.4, -0.2) is 6.71 Å². The molecule has 2 aromatic carbocycles. The average molecular weight is 222 g/mol. The fourth-order valence-electron chi connectivity index (χ4n) is 2.78. The molecule has 0 saturated heterocycles. The zero-order valence-corrected chi connectivity index (χ0v) is 11.1. The van der Waals surface area contributed by atoms with Crippen molar-refractivity contribution in [1.29, 1.82) is 0 Å². The van der Waals surface area contributed by atoms with Gasteiger partial charge in [-0.05, 0) is 20.8 Å². The lowest BCUT2D eigenvalue weighted by molar-refractivity contribution is 1.35. The van der Waals surface area contributed by atoms with E-state index in [-0.39, 0.29) is 0 Å². The molecule has 1 radical (unpaired) electrons. The Hall–Kier alpha value is -1.50. The second-order valence-corrected chi connectivity index (χ2v) is 4.94. The molecule has 0 saturated carbocycles. The molecule has 2 rings (SSSR count). The van der Waals surface area contributed by atoms with Gasteiger partial charge in [-0.15, -0.1) is 12.1 Å². The van der Waals surface area contributed by atoms with Crippen LogP contribution >= 0.6 is 0 Å². The molecule has 0 bridgehead atoms. The first kappa shape index (κ1) is 12.0. The molecule has 0 aromatic heterocycles. The predicted octanol–water partition coefficient (Wildman–Crippen LogP) is 2.85. The molecule has 17 heavy (non-hydrogen) atoms. The lowest BCUT2D eigenvalue weighted by Crippen LogP contribution is -2.42. The van der Waals surface area contributed by atoms with Gasteiger partial charge in [-0.1, -0.05) is 53.7 Å². The van der Waals surface area contributed by atoms with Crippen LogP contribution in [0.25, 0.3) is 0 Å². The molecule has 0 N–H and O–H groups in total. The van der Waals surface area contributed by atoms with Crippen LogP contribution in [0, 0.1) is 20.8 Å². The van der Waals surface area contributed by atoms with E-state index in [9.17, 15) is 0 Å². The summed E-state index contributed by atoms with van der Waals surface area (Å²) in [5.41, 5.74) is 7.02. The summed E-state index contributed by atoms with van der Waals surface area (Å²) in [5, 5.41) is 0. The highest BCUT2D eigenvalue weighted by molar-refractivity contribution is 6.84. The topological polar surface area (TPSA) is 0 Å². The normalized spacial score (nSPS) is 10.9. The molecule has 0 aliphatic heterocycles. The molecule has 2 aromatic rings. The molecule has 1 heteroatoms. The first-order chi connectivity index (χ1) is 8.09. The number of rotatable bonds is 2. The number of hydrogen-bond donors (Lipinski definition) is 0. The van der Waals surface area contributed by atoms with Gasteiger partial charge in [-0.25, -0.2) is 17.7 Å². The van der Waals surface area contributed by atoms with E-state index < -0.39 is 0 Å². The molecule has 0 aliphatic carbocycles. The van der Waals surface area contributed by atoms with Crippen molar-refractivity contribution >= 4 is 17.6 Å². The van der Waals surface area contributed by atoms with E-state index in [0.29, 0.717) is 6.71 Å². The molecule has 0 aliphatic rings. The first-order valence-corrected chi connectivity index (χ1v) is 6.22. The molecule has 87 valence electrons. The summed E-state index contributed by atoms with van der Waals surface area (Å²) in [6, 6.07) is 15.3. The minimum absolute atomic E-state index is 0.469.